The third kappa shape index (κ3) is 1.89. The van der Waals surface area contributed by atoms with Crippen LogP contribution in [0.2, 0.25) is 0 Å². The third-order valence-electron chi connectivity index (χ3n) is 3.15. The minimum atomic E-state index is -0.951. The van der Waals surface area contributed by atoms with Crippen LogP contribution >= 0.6 is 0 Å². The molecule has 1 aliphatic heterocycles. The first kappa shape index (κ1) is 11.8. The van der Waals surface area contributed by atoms with Crippen molar-refractivity contribution in [3.63, 3.8) is 0 Å². The summed E-state index contributed by atoms with van der Waals surface area (Å²) < 4.78 is 28.0. The Balaban J connectivity index is 2.16. The van der Waals surface area contributed by atoms with Gasteiger partial charge in [0.2, 0.25) is 5.95 Å². The van der Waals surface area contributed by atoms with Gasteiger partial charge in [0, 0.05) is 18.7 Å². The predicted molar refractivity (Wildman–Crippen MR) is 66.1 cm³/mol. The Kier molecular flexibility index (Phi) is 2.77. The van der Waals surface area contributed by atoms with Crippen LogP contribution in [0.5, 0.6) is 0 Å². The number of aromatic nitrogens is 2. The van der Waals surface area contributed by atoms with Gasteiger partial charge in [-0.05, 0) is 24.6 Å². The number of nitrogens with one attached hydrogen (secondary N) is 1. The number of halogens is 2. The molecule has 0 unspecified atom stereocenters. The molecular weight excluding hydrogens is 252 g/mol. The van der Waals surface area contributed by atoms with Gasteiger partial charge in [-0.1, -0.05) is 0 Å². The van der Waals surface area contributed by atoms with Crippen molar-refractivity contribution in [2.24, 2.45) is 0 Å². The van der Waals surface area contributed by atoms with Crippen molar-refractivity contribution >= 4 is 12.2 Å². The second-order valence-corrected chi connectivity index (χ2v) is 4.35. The van der Waals surface area contributed by atoms with E-state index in [1.807, 2.05) is 0 Å². The Morgan fingerprint density at radius 3 is 2.89 bits per heavy atom. The lowest BCUT2D eigenvalue weighted by molar-refractivity contribution is 0.111. The lowest BCUT2D eigenvalue weighted by Gasteiger charge is -2.15. The summed E-state index contributed by atoms with van der Waals surface area (Å²) in [5, 5.41) is 3.08. The van der Waals surface area contributed by atoms with Gasteiger partial charge in [-0.25, -0.2) is 13.8 Å². The molecule has 0 fully saturated rings. The quantitative estimate of drug-likeness (QED) is 0.847. The first-order valence-corrected chi connectivity index (χ1v) is 5.95. The number of aldehydes is 1. The summed E-state index contributed by atoms with van der Waals surface area (Å²) in [6.07, 6.45) is 1.58. The minimum Gasteiger partial charge on any atom is -0.356 e. The number of hydrogen-bond acceptors (Lipinski definition) is 3. The number of carbonyl (C=O) groups is 1. The van der Waals surface area contributed by atoms with E-state index in [2.05, 4.69) is 10.3 Å². The van der Waals surface area contributed by atoms with Crippen molar-refractivity contribution in [2.75, 3.05) is 11.9 Å². The molecule has 98 valence electrons. The topological polar surface area (TPSA) is 46.9 Å². The van der Waals surface area contributed by atoms with Crippen LogP contribution in [-0.4, -0.2) is 22.4 Å². The molecule has 1 N–H and O–H groups in total. The van der Waals surface area contributed by atoms with Crippen LogP contribution in [0.25, 0.3) is 11.3 Å². The average molecular weight is 263 g/mol. The molecule has 3 rings (SSSR count). The standard InChI is InChI=1S/C13H11F2N3O/c14-9-3-2-8(6-10(9)15)12-11(7-19)18-5-1-4-16-13(18)17-12/h2-3,6-7H,1,4-5H2,(H,16,17). The zero-order valence-electron chi connectivity index (χ0n) is 9.99. The Labute approximate surface area is 108 Å². The number of anilines is 1. The lowest BCUT2D eigenvalue weighted by Crippen LogP contribution is -2.18. The van der Waals surface area contributed by atoms with Crippen molar-refractivity contribution in [1.29, 1.82) is 0 Å². The molecule has 19 heavy (non-hydrogen) atoms. The number of benzene rings is 1. The summed E-state index contributed by atoms with van der Waals surface area (Å²) in [6, 6.07) is 3.50. The van der Waals surface area contributed by atoms with E-state index in [1.54, 1.807) is 4.57 Å². The van der Waals surface area contributed by atoms with E-state index in [0.29, 0.717) is 35.7 Å². The summed E-state index contributed by atoms with van der Waals surface area (Å²) in [5.74, 6) is -1.28. The van der Waals surface area contributed by atoms with E-state index < -0.39 is 11.6 Å². The summed E-state index contributed by atoms with van der Waals surface area (Å²) >= 11 is 0. The van der Waals surface area contributed by atoms with Crippen molar-refractivity contribution in [2.45, 2.75) is 13.0 Å². The number of imidazole rings is 1. The molecular formula is C13H11F2N3O. The Morgan fingerprint density at radius 2 is 2.16 bits per heavy atom. The Bertz CT molecular complexity index is 652. The van der Waals surface area contributed by atoms with Crippen LogP contribution in [0, 0.1) is 11.6 Å². The van der Waals surface area contributed by atoms with E-state index in [9.17, 15) is 13.6 Å². The summed E-state index contributed by atoms with van der Waals surface area (Å²) in [6.45, 7) is 1.47. The van der Waals surface area contributed by atoms with E-state index >= 15 is 0 Å². The zero-order valence-corrected chi connectivity index (χ0v) is 9.99. The fourth-order valence-electron chi connectivity index (χ4n) is 2.24. The average Bonchev–Trinajstić information content (AvgIpc) is 2.80. The van der Waals surface area contributed by atoms with Gasteiger partial charge in [0.25, 0.3) is 0 Å². The largest absolute Gasteiger partial charge is 0.356 e. The van der Waals surface area contributed by atoms with Crippen LogP contribution in [0.1, 0.15) is 16.9 Å². The highest BCUT2D eigenvalue weighted by molar-refractivity contribution is 5.85. The molecule has 4 nitrogen and oxygen atoms in total. The minimum absolute atomic E-state index is 0.373. The predicted octanol–water partition coefficient (Wildman–Crippen LogP) is 2.46. The number of carbonyl (C=O) groups excluding carboxylic acids is 1. The van der Waals surface area contributed by atoms with E-state index in [1.165, 1.54) is 6.07 Å². The Morgan fingerprint density at radius 1 is 1.32 bits per heavy atom. The van der Waals surface area contributed by atoms with Crippen LogP contribution in [-0.2, 0) is 6.54 Å². The van der Waals surface area contributed by atoms with Crippen LogP contribution in [0.4, 0.5) is 14.7 Å². The van der Waals surface area contributed by atoms with Gasteiger partial charge in [-0.15, -0.1) is 0 Å². The molecule has 2 heterocycles. The molecule has 2 aromatic rings. The van der Waals surface area contributed by atoms with Crippen molar-refractivity contribution in [3.05, 3.63) is 35.5 Å². The second kappa shape index (κ2) is 4.46. The normalized spacial score (nSPS) is 13.8. The van der Waals surface area contributed by atoms with E-state index in [4.69, 9.17) is 0 Å². The molecule has 6 heteroatoms. The smallest absolute Gasteiger partial charge is 0.203 e. The molecule has 0 amide bonds. The third-order valence-corrected chi connectivity index (χ3v) is 3.15. The van der Waals surface area contributed by atoms with Gasteiger partial charge in [-0.2, -0.15) is 0 Å². The van der Waals surface area contributed by atoms with Crippen LogP contribution < -0.4 is 5.32 Å². The van der Waals surface area contributed by atoms with Gasteiger partial charge >= 0.3 is 0 Å². The molecule has 0 saturated carbocycles. The van der Waals surface area contributed by atoms with Gasteiger partial charge < -0.3 is 9.88 Å². The molecule has 0 atom stereocenters. The van der Waals surface area contributed by atoms with Crippen molar-refractivity contribution in [1.82, 2.24) is 9.55 Å². The molecule has 1 aromatic heterocycles. The maximum Gasteiger partial charge on any atom is 0.203 e. The van der Waals surface area contributed by atoms with E-state index in [0.717, 1.165) is 25.1 Å². The van der Waals surface area contributed by atoms with Gasteiger partial charge in [0.1, 0.15) is 11.4 Å². The molecule has 0 radical (unpaired) electrons. The summed E-state index contributed by atoms with van der Waals surface area (Å²) in [5.41, 5.74) is 1.15. The van der Waals surface area contributed by atoms with E-state index in [-0.39, 0.29) is 0 Å². The SMILES string of the molecule is O=Cc1c(-c2ccc(F)c(F)c2)nc2n1CCCN2. The lowest BCUT2D eigenvalue weighted by atomic mass is 10.1. The maximum atomic E-state index is 13.3. The molecule has 1 aromatic carbocycles. The summed E-state index contributed by atoms with van der Waals surface area (Å²) in [7, 11) is 0. The molecule has 0 spiro atoms. The first-order valence-electron chi connectivity index (χ1n) is 5.95. The second-order valence-electron chi connectivity index (χ2n) is 4.35. The number of rotatable bonds is 2. The fraction of sp³-hybridized carbons (Fsp3) is 0.231. The molecule has 1 aliphatic rings. The first-order chi connectivity index (χ1) is 9.20. The molecule has 0 saturated heterocycles. The number of nitrogens with zero attached hydrogens (tertiary/aromatic N) is 2. The number of hydrogen-bond donors (Lipinski definition) is 1. The van der Waals surface area contributed by atoms with Crippen molar-refractivity contribution in [3.8, 4) is 11.3 Å². The van der Waals surface area contributed by atoms with Gasteiger partial charge in [0.15, 0.2) is 17.9 Å². The highest BCUT2D eigenvalue weighted by atomic mass is 19.2. The van der Waals surface area contributed by atoms with Crippen LogP contribution in [0.3, 0.4) is 0 Å². The summed E-state index contributed by atoms with van der Waals surface area (Å²) in [4.78, 5) is 15.5. The number of fused-ring (bicyclic) bond motifs is 1. The fourth-order valence-corrected chi connectivity index (χ4v) is 2.24. The monoisotopic (exact) mass is 263 g/mol. The molecule has 0 bridgehead atoms. The zero-order chi connectivity index (χ0) is 13.4. The highest BCUT2D eigenvalue weighted by Gasteiger charge is 2.20. The maximum absolute atomic E-state index is 13.3. The Hall–Kier alpha value is -2.24. The van der Waals surface area contributed by atoms with Gasteiger partial charge in [-0.3, -0.25) is 4.79 Å². The van der Waals surface area contributed by atoms with Crippen LogP contribution in [0.15, 0.2) is 18.2 Å². The highest BCUT2D eigenvalue weighted by Crippen LogP contribution is 2.28. The van der Waals surface area contributed by atoms with Gasteiger partial charge in [0.05, 0.1) is 0 Å². The molecule has 0 aliphatic carbocycles. The van der Waals surface area contributed by atoms with Crippen molar-refractivity contribution < 1.29 is 13.6 Å².